The summed E-state index contributed by atoms with van der Waals surface area (Å²) in [6.07, 6.45) is -0.136. The summed E-state index contributed by atoms with van der Waals surface area (Å²) in [7, 11) is -3.53. The zero-order valence-electron chi connectivity index (χ0n) is 11.4. The number of carbonyl (C=O) groups excluding carboxylic acids is 2. The van der Waals surface area contributed by atoms with Gasteiger partial charge in [0.1, 0.15) is 12.2 Å². The van der Waals surface area contributed by atoms with Crippen molar-refractivity contribution in [2.45, 2.75) is 43.3 Å². The van der Waals surface area contributed by atoms with E-state index in [0.29, 0.717) is 12.8 Å². The molecule has 116 valence electrons. The molecule has 1 heterocycles. The number of ether oxygens (including phenoxy) is 2. The van der Waals surface area contributed by atoms with Gasteiger partial charge in [0.15, 0.2) is 6.10 Å². The van der Waals surface area contributed by atoms with Gasteiger partial charge >= 0.3 is 11.9 Å². The molecule has 2 aliphatic carbocycles. The Labute approximate surface area is 122 Å². The lowest BCUT2D eigenvalue weighted by molar-refractivity contribution is -0.172. The molecule has 21 heavy (non-hydrogen) atoms. The van der Waals surface area contributed by atoms with Crippen LogP contribution in [0.15, 0.2) is 12.7 Å². The van der Waals surface area contributed by atoms with Crippen LogP contribution in [0, 0.1) is 11.8 Å². The first-order chi connectivity index (χ1) is 9.83. The van der Waals surface area contributed by atoms with Crippen molar-refractivity contribution in [3.05, 3.63) is 12.7 Å². The Balaban J connectivity index is 1.66. The van der Waals surface area contributed by atoms with E-state index in [2.05, 4.69) is 6.58 Å². The number of rotatable bonds is 4. The molecule has 0 aromatic rings. The zero-order chi connectivity index (χ0) is 15.4. The fourth-order valence-electron chi connectivity index (χ4n) is 3.54. The summed E-state index contributed by atoms with van der Waals surface area (Å²) < 4.78 is 38.8. The quantitative estimate of drug-likeness (QED) is 0.414. The van der Waals surface area contributed by atoms with E-state index in [1.807, 2.05) is 0 Å². The predicted molar refractivity (Wildman–Crippen MR) is 69.4 cm³/mol. The molecule has 0 N–H and O–H groups in total. The van der Waals surface area contributed by atoms with Gasteiger partial charge in [-0.15, -0.1) is 0 Å². The Hall–Kier alpha value is -1.41. The third-order valence-corrected chi connectivity index (χ3v) is 6.23. The van der Waals surface area contributed by atoms with E-state index in [1.165, 1.54) is 6.92 Å². The molecule has 3 aliphatic rings. The van der Waals surface area contributed by atoms with Crippen LogP contribution in [-0.2, 0) is 33.4 Å². The molecule has 2 saturated carbocycles. The Morgan fingerprint density at radius 3 is 2.76 bits per heavy atom. The van der Waals surface area contributed by atoms with Gasteiger partial charge in [-0.25, -0.2) is 9.59 Å². The first-order valence-corrected chi connectivity index (χ1v) is 8.26. The maximum absolute atomic E-state index is 11.9. The second kappa shape index (κ2) is 4.81. The molecular formula is C13H16O7S. The van der Waals surface area contributed by atoms with Crippen LogP contribution < -0.4 is 0 Å². The highest BCUT2D eigenvalue weighted by molar-refractivity contribution is 7.87. The molecule has 8 heteroatoms. The number of hydrogen-bond acceptors (Lipinski definition) is 7. The second-order valence-electron chi connectivity index (χ2n) is 5.67. The van der Waals surface area contributed by atoms with E-state index >= 15 is 0 Å². The molecule has 3 fully saturated rings. The summed E-state index contributed by atoms with van der Waals surface area (Å²) in [5, 5.41) is -0.460. The lowest BCUT2D eigenvalue weighted by Gasteiger charge is -2.25. The molecule has 7 nitrogen and oxygen atoms in total. The summed E-state index contributed by atoms with van der Waals surface area (Å²) in [5.74, 6) is -1.52. The van der Waals surface area contributed by atoms with Crippen LogP contribution in [-0.4, -0.2) is 43.9 Å². The van der Waals surface area contributed by atoms with Gasteiger partial charge in [-0.2, -0.15) is 8.42 Å². The van der Waals surface area contributed by atoms with E-state index < -0.39 is 45.6 Å². The highest BCUT2D eigenvalue weighted by atomic mass is 32.2. The first-order valence-electron chi connectivity index (χ1n) is 6.79. The SMILES string of the molecule is C=CC(=O)OC(C)C(=O)OC1C2CC3C1OS(=O)(=O)C3C2. The Morgan fingerprint density at radius 1 is 1.38 bits per heavy atom. The number of esters is 2. The number of carbonyl (C=O) groups is 2. The molecular weight excluding hydrogens is 300 g/mol. The minimum Gasteiger partial charge on any atom is -0.457 e. The Morgan fingerprint density at radius 2 is 2.10 bits per heavy atom. The van der Waals surface area contributed by atoms with Crippen LogP contribution in [0.5, 0.6) is 0 Å². The van der Waals surface area contributed by atoms with Crippen molar-refractivity contribution in [2.75, 3.05) is 0 Å². The van der Waals surface area contributed by atoms with Crippen molar-refractivity contribution in [2.24, 2.45) is 11.8 Å². The first kappa shape index (κ1) is 14.5. The Bertz CT molecular complexity index is 596. The molecule has 1 aliphatic heterocycles. The van der Waals surface area contributed by atoms with Crippen LogP contribution in [0.2, 0.25) is 0 Å². The average Bonchev–Trinajstić information content (AvgIpc) is 3.02. The maximum atomic E-state index is 11.9. The topological polar surface area (TPSA) is 96.0 Å². The largest absolute Gasteiger partial charge is 0.457 e. The van der Waals surface area contributed by atoms with Crippen molar-refractivity contribution in [1.29, 1.82) is 0 Å². The smallest absolute Gasteiger partial charge is 0.347 e. The molecule has 2 bridgehead atoms. The fourth-order valence-corrected chi connectivity index (χ4v) is 5.43. The third-order valence-electron chi connectivity index (χ3n) is 4.46. The van der Waals surface area contributed by atoms with Gasteiger partial charge in [0, 0.05) is 17.9 Å². The molecule has 1 saturated heterocycles. The number of hydrogen-bond donors (Lipinski definition) is 0. The van der Waals surface area contributed by atoms with Crippen LogP contribution in [0.3, 0.4) is 0 Å². The summed E-state index contributed by atoms with van der Waals surface area (Å²) in [5.41, 5.74) is 0. The van der Waals surface area contributed by atoms with E-state index in [4.69, 9.17) is 13.7 Å². The summed E-state index contributed by atoms with van der Waals surface area (Å²) in [4.78, 5) is 23.0. The van der Waals surface area contributed by atoms with E-state index in [9.17, 15) is 18.0 Å². The van der Waals surface area contributed by atoms with Gasteiger partial charge < -0.3 is 9.47 Å². The van der Waals surface area contributed by atoms with Crippen molar-refractivity contribution < 1.29 is 31.7 Å². The standard InChI is InChI=1S/C13H16O7S/c1-3-10(14)18-6(2)13(15)19-11-7-4-8-9(5-7)21(16,17)20-12(8)11/h3,6-9,11-12H,1,4-5H2,2H3. The Kier molecular flexibility index (Phi) is 3.32. The molecule has 0 amide bonds. The maximum Gasteiger partial charge on any atom is 0.347 e. The highest BCUT2D eigenvalue weighted by Crippen LogP contribution is 2.55. The summed E-state index contributed by atoms with van der Waals surface area (Å²) in [6, 6.07) is 0. The van der Waals surface area contributed by atoms with Gasteiger partial charge in [-0.3, -0.25) is 4.18 Å². The van der Waals surface area contributed by atoms with Gasteiger partial charge in [0.2, 0.25) is 0 Å². The van der Waals surface area contributed by atoms with Gasteiger partial charge in [-0.1, -0.05) is 6.58 Å². The van der Waals surface area contributed by atoms with Crippen molar-refractivity contribution >= 4 is 22.1 Å². The van der Waals surface area contributed by atoms with E-state index in [1.54, 1.807) is 0 Å². The molecule has 6 unspecified atom stereocenters. The zero-order valence-corrected chi connectivity index (χ0v) is 12.2. The molecule has 6 atom stereocenters. The molecule has 0 aromatic heterocycles. The van der Waals surface area contributed by atoms with E-state index in [0.717, 1.165) is 6.08 Å². The van der Waals surface area contributed by atoms with Gasteiger partial charge in [0.05, 0.1) is 5.25 Å². The fraction of sp³-hybridized carbons (Fsp3) is 0.692. The van der Waals surface area contributed by atoms with Crippen molar-refractivity contribution in [3.63, 3.8) is 0 Å². The van der Waals surface area contributed by atoms with Gasteiger partial charge in [-0.05, 0) is 19.8 Å². The van der Waals surface area contributed by atoms with Crippen molar-refractivity contribution in [3.8, 4) is 0 Å². The molecule has 3 rings (SSSR count). The second-order valence-corrected chi connectivity index (χ2v) is 7.46. The van der Waals surface area contributed by atoms with Crippen LogP contribution in [0.1, 0.15) is 19.8 Å². The molecule has 0 aromatic carbocycles. The summed E-state index contributed by atoms with van der Waals surface area (Å²) >= 11 is 0. The van der Waals surface area contributed by atoms with Crippen LogP contribution in [0.25, 0.3) is 0 Å². The lowest BCUT2D eigenvalue weighted by atomic mass is 9.94. The average molecular weight is 316 g/mol. The third kappa shape index (κ3) is 2.26. The predicted octanol–water partition coefficient (Wildman–Crippen LogP) is 0.153. The lowest BCUT2D eigenvalue weighted by Crippen LogP contribution is -2.40. The normalized spacial score (nSPS) is 39.8. The van der Waals surface area contributed by atoms with Crippen LogP contribution in [0.4, 0.5) is 0 Å². The van der Waals surface area contributed by atoms with Crippen molar-refractivity contribution in [1.82, 2.24) is 0 Å². The highest BCUT2D eigenvalue weighted by Gasteiger charge is 2.65. The van der Waals surface area contributed by atoms with E-state index in [-0.39, 0.29) is 11.8 Å². The van der Waals surface area contributed by atoms with Crippen LogP contribution >= 0.6 is 0 Å². The molecule has 0 radical (unpaired) electrons. The molecule has 0 spiro atoms. The number of fused-ring (bicyclic) bond motifs is 1. The monoisotopic (exact) mass is 316 g/mol. The minimum atomic E-state index is -3.53. The van der Waals surface area contributed by atoms with Gasteiger partial charge in [0.25, 0.3) is 10.1 Å². The minimum absolute atomic E-state index is 0.00599. The summed E-state index contributed by atoms with van der Waals surface area (Å²) in [6.45, 7) is 4.64.